The number of allylic oxidation sites excluding steroid dienone is 1. The predicted molar refractivity (Wildman–Crippen MR) is 30.6 cm³/mol. The minimum Gasteiger partial charge on any atom is -0.386 e. The second-order valence-electron chi connectivity index (χ2n) is 1.89. The van der Waals surface area contributed by atoms with Gasteiger partial charge in [-0.25, -0.2) is 0 Å². The molecule has 1 N–H and O–H groups in total. The van der Waals surface area contributed by atoms with E-state index in [1.165, 1.54) is 0 Å². The van der Waals surface area contributed by atoms with E-state index in [2.05, 4.69) is 0 Å². The van der Waals surface area contributed by atoms with Crippen LogP contribution < -0.4 is 0 Å². The Labute approximate surface area is 48.8 Å². The molecule has 1 rings (SSSR count). The van der Waals surface area contributed by atoms with Crippen LogP contribution in [0.1, 0.15) is 6.92 Å². The molecule has 1 fully saturated rings. The number of rotatable bonds is 2. The lowest BCUT2D eigenvalue weighted by Crippen LogP contribution is -2.09. The first-order valence-electron chi connectivity index (χ1n) is 2.77. The molecule has 0 radical (unpaired) electrons. The van der Waals surface area contributed by atoms with Crippen molar-refractivity contribution in [2.24, 2.45) is 0 Å². The van der Waals surface area contributed by atoms with Gasteiger partial charge in [0.25, 0.3) is 0 Å². The Morgan fingerprint density at radius 3 is 2.88 bits per heavy atom. The van der Waals surface area contributed by atoms with Crippen molar-refractivity contribution in [3.8, 4) is 0 Å². The maximum atomic E-state index is 8.98. The zero-order valence-corrected chi connectivity index (χ0v) is 4.87. The lowest BCUT2D eigenvalue weighted by Gasteiger charge is -1.95. The van der Waals surface area contributed by atoms with E-state index < -0.39 is 0 Å². The van der Waals surface area contributed by atoms with Crippen LogP contribution in [0, 0.1) is 0 Å². The highest BCUT2D eigenvalue weighted by atomic mass is 16.6. The molecule has 1 heterocycles. The predicted octanol–water partition coefficient (Wildman–Crippen LogP) is 0.322. The molecule has 8 heavy (non-hydrogen) atoms. The molecule has 0 aromatic heterocycles. The number of hydrogen-bond donors (Lipinski definition) is 1. The van der Waals surface area contributed by atoms with Crippen molar-refractivity contribution in [1.82, 2.24) is 0 Å². The van der Waals surface area contributed by atoms with Crippen LogP contribution in [-0.4, -0.2) is 23.9 Å². The third kappa shape index (κ3) is 1.32. The zero-order chi connectivity index (χ0) is 5.98. The van der Waals surface area contributed by atoms with E-state index >= 15 is 0 Å². The Hall–Kier alpha value is -0.340. The largest absolute Gasteiger partial charge is 0.386 e. The number of ether oxygens (including phenoxy) is 1. The van der Waals surface area contributed by atoms with Crippen molar-refractivity contribution in [3.63, 3.8) is 0 Å². The second-order valence-corrected chi connectivity index (χ2v) is 1.89. The average molecular weight is 114 g/mol. The summed E-state index contributed by atoms with van der Waals surface area (Å²) in [6.07, 6.45) is 3.27. The molecule has 0 aromatic carbocycles. The van der Waals surface area contributed by atoms with Gasteiger partial charge >= 0.3 is 0 Å². The molecule has 46 valence electrons. The summed E-state index contributed by atoms with van der Waals surface area (Å²) < 4.78 is 4.82. The van der Waals surface area contributed by atoms with Crippen molar-refractivity contribution in [3.05, 3.63) is 12.2 Å². The molecule has 1 aliphatic heterocycles. The van der Waals surface area contributed by atoms with Crippen LogP contribution in [0.15, 0.2) is 12.2 Å². The molecule has 1 saturated heterocycles. The fourth-order valence-electron chi connectivity index (χ4n) is 0.574. The average Bonchev–Trinajstić information content (AvgIpc) is 2.45. The Kier molecular flexibility index (Phi) is 1.65. The van der Waals surface area contributed by atoms with E-state index in [1.807, 2.05) is 13.0 Å². The van der Waals surface area contributed by atoms with Crippen LogP contribution in [0.2, 0.25) is 0 Å². The zero-order valence-electron chi connectivity index (χ0n) is 4.87. The summed E-state index contributed by atoms with van der Waals surface area (Å²) >= 11 is 0. The minimum absolute atomic E-state index is 0.0891. The Bertz CT molecular complexity index is 94.7. The molecule has 0 aromatic rings. The van der Waals surface area contributed by atoms with Gasteiger partial charge in [0.2, 0.25) is 0 Å². The van der Waals surface area contributed by atoms with Crippen molar-refractivity contribution < 1.29 is 9.84 Å². The van der Waals surface area contributed by atoms with Gasteiger partial charge < -0.3 is 9.84 Å². The van der Waals surface area contributed by atoms with Crippen LogP contribution in [0.3, 0.4) is 0 Å². The Balaban J connectivity index is 2.22. The first-order valence-corrected chi connectivity index (χ1v) is 2.77. The van der Waals surface area contributed by atoms with Gasteiger partial charge in [-0.3, -0.25) is 0 Å². The van der Waals surface area contributed by atoms with E-state index in [0.29, 0.717) is 6.61 Å². The normalized spacial score (nSPS) is 31.0. The SMILES string of the molecule is CC=C[C@@H](O)[C@H]1CO1. The molecule has 0 spiro atoms. The Morgan fingerprint density at radius 2 is 2.50 bits per heavy atom. The summed E-state index contributed by atoms with van der Waals surface area (Å²) in [6.45, 7) is 2.59. The van der Waals surface area contributed by atoms with E-state index in [1.54, 1.807) is 6.08 Å². The summed E-state index contributed by atoms with van der Waals surface area (Å²) in [6, 6.07) is 0. The lowest BCUT2D eigenvalue weighted by molar-refractivity contribution is 0.178. The first kappa shape index (κ1) is 5.79. The van der Waals surface area contributed by atoms with Gasteiger partial charge in [-0.05, 0) is 6.92 Å². The van der Waals surface area contributed by atoms with Crippen LogP contribution in [0.5, 0.6) is 0 Å². The van der Waals surface area contributed by atoms with Gasteiger partial charge in [-0.15, -0.1) is 0 Å². The maximum Gasteiger partial charge on any atom is 0.110 e. The van der Waals surface area contributed by atoms with E-state index in [0.717, 1.165) is 0 Å². The monoisotopic (exact) mass is 114 g/mol. The summed E-state index contributed by atoms with van der Waals surface area (Å²) in [5.41, 5.74) is 0. The van der Waals surface area contributed by atoms with Crippen LogP contribution in [0.25, 0.3) is 0 Å². The number of hydrogen-bond acceptors (Lipinski definition) is 2. The standard InChI is InChI=1S/C6H10O2/c1-2-3-5(7)6-4-8-6/h2-3,5-7H,4H2,1H3/t5-,6-/m1/s1. The van der Waals surface area contributed by atoms with Gasteiger partial charge in [0.1, 0.15) is 12.2 Å². The molecule has 2 nitrogen and oxygen atoms in total. The molecule has 0 unspecified atom stereocenters. The van der Waals surface area contributed by atoms with Gasteiger partial charge in [0.05, 0.1) is 6.61 Å². The highest BCUT2D eigenvalue weighted by molar-refractivity contribution is 4.94. The second kappa shape index (κ2) is 2.29. The van der Waals surface area contributed by atoms with Gasteiger partial charge in [-0.1, -0.05) is 12.2 Å². The molecule has 0 amide bonds. The third-order valence-corrected chi connectivity index (χ3v) is 1.13. The highest BCUT2D eigenvalue weighted by Crippen LogP contribution is 2.14. The summed E-state index contributed by atoms with van der Waals surface area (Å²) in [4.78, 5) is 0. The van der Waals surface area contributed by atoms with Gasteiger partial charge in [0, 0.05) is 0 Å². The molecule has 2 heteroatoms. The highest BCUT2D eigenvalue weighted by Gasteiger charge is 2.28. The van der Waals surface area contributed by atoms with Crippen LogP contribution in [-0.2, 0) is 4.74 Å². The number of aliphatic hydroxyl groups is 1. The van der Waals surface area contributed by atoms with E-state index in [9.17, 15) is 0 Å². The summed E-state index contributed by atoms with van der Waals surface area (Å²) in [5.74, 6) is 0. The van der Waals surface area contributed by atoms with Crippen LogP contribution >= 0.6 is 0 Å². The van der Waals surface area contributed by atoms with Gasteiger partial charge in [0.15, 0.2) is 0 Å². The Morgan fingerprint density at radius 1 is 1.88 bits per heavy atom. The minimum atomic E-state index is -0.375. The number of epoxide rings is 1. The fourth-order valence-corrected chi connectivity index (χ4v) is 0.574. The topological polar surface area (TPSA) is 32.8 Å². The quantitative estimate of drug-likeness (QED) is 0.414. The first-order chi connectivity index (χ1) is 3.84. The molecule has 1 aliphatic rings. The third-order valence-electron chi connectivity index (χ3n) is 1.13. The van der Waals surface area contributed by atoms with E-state index in [-0.39, 0.29) is 12.2 Å². The molecule has 2 atom stereocenters. The van der Waals surface area contributed by atoms with Crippen molar-refractivity contribution in [2.45, 2.75) is 19.1 Å². The van der Waals surface area contributed by atoms with Crippen molar-refractivity contribution >= 4 is 0 Å². The van der Waals surface area contributed by atoms with E-state index in [4.69, 9.17) is 9.84 Å². The van der Waals surface area contributed by atoms with Gasteiger partial charge in [-0.2, -0.15) is 0 Å². The number of aliphatic hydroxyl groups excluding tert-OH is 1. The van der Waals surface area contributed by atoms with Crippen molar-refractivity contribution in [1.29, 1.82) is 0 Å². The molecule has 0 saturated carbocycles. The smallest absolute Gasteiger partial charge is 0.110 e. The summed E-state index contributed by atoms with van der Waals surface area (Å²) in [7, 11) is 0. The van der Waals surface area contributed by atoms with Crippen molar-refractivity contribution in [2.75, 3.05) is 6.61 Å². The molecule has 0 aliphatic carbocycles. The maximum absolute atomic E-state index is 8.98. The molecule has 0 bridgehead atoms. The summed E-state index contributed by atoms with van der Waals surface area (Å²) in [5, 5.41) is 8.98. The lowest BCUT2D eigenvalue weighted by atomic mass is 10.2. The molecular weight excluding hydrogens is 104 g/mol. The molecular formula is C6H10O2. The fraction of sp³-hybridized carbons (Fsp3) is 0.667. The van der Waals surface area contributed by atoms with Crippen LogP contribution in [0.4, 0.5) is 0 Å².